The summed E-state index contributed by atoms with van der Waals surface area (Å²) in [6.07, 6.45) is 3.50. The third-order valence-electron chi connectivity index (χ3n) is 2.03. The summed E-state index contributed by atoms with van der Waals surface area (Å²) < 4.78 is 4.85. The second kappa shape index (κ2) is 6.92. The minimum Gasteiger partial charge on any atom is -0.381 e. The Hall–Kier alpha value is -0.580. The standard InChI is InChI=1S/C6H3Br2N3.C4H3Br2N3/c7-4-3-5(8)10-11-2-1-9-6(4)11;5-2-1-3(6)8-9-4(2)7/h1-3H;1H,(H2,7,9). The molecule has 2 N–H and O–H groups in total. The molecule has 3 aromatic heterocycles. The van der Waals surface area contributed by atoms with E-state index in [4.69, 9.17) is 5.73 Å². The Morgan fingerprint density at radius 3 is 2.30 bits per heavy atom. The Morgan fingerprint density at radius 2 is 1.65 bits per heavy atom. The molecule has 0 saturated heterocycles. The SMILES string of the molecule is Brc1cc(Br)c2nccn2n1.Nc1nnc(Br)cc1Br. The lowest BCUT2D eigenvalue weighted by Gasteiger charge is -1.95. The summed E-state index contributed by atoms with van der Waals surface area (Å²) in [6, 6.07) is 3.60. The first kappa shape index (κ1) is 15.8. The Balaban J connectivity index is 0.000000151. The van der Waals surface area contributed by atoms with E-state index in [1.54, 1.807) is 23.0 Å². The number of rotatable bonds is 0. The lowest BCUT2D eigenvalue weighted by Crippen LogP contribution is -1.93. The fourth-order valence-electron chi connectivity index (χ4n) is 1.21. The smallest absolute Gasteiger partial charge is 0.167 e. The van der Waals surface area contributed by atoms with Crippen molar-refractivity contribution in [1.29, 1.82) is 0 Å². The molecule has 0 unspecified atom stereocenters. The van der Waals surface area contributed by atoms with E-state index in [9.17, 15) is 0 Å². The topological polar surface area (TPSA) is 82.0 Å². The van der Waals surface area contributed by atoms with Crippen LogP contribution in [0.5, 0.6) is 0 Å². The molecule has 6 nitrogen and oxygen atoms in total. The number of nitrogens with two attached hydrogens (primary N) is 1. The molecule has 104 valence electrons. The summed E-state index contributed by atoms with van der Waals surface area (Å²) in [5.74, 6) is 0.401. The van der Waals surface area contributed by atoms with Gasteiger partial charge in [0.15, 0.2) is 11.5 Å². The second-order valence-corrected chi connectivity index (χ2v) is 6.74. The van der Waals surface area contributed by atoms with Gasteiger partial charge in [0.1, 0.15) is 9.21 Å². The third-order valence-corrected chi connectivity index (χ3v) is 4.02. The average Bonchev–Trinajstić information content (AvgIpc) is 2.83. The zero-order chi connectivity index (χ0) is 14.7. The van der Waals surface area contributed by atoms with Gasteiger partial charge in [0.05, 0.1) is 8.95 Å². The number of imidazole rings is 1. The van der Waals surface area contributed by atoms with Crippen LogP contribution in [0, 0.1) is 0 Å². The average molecular weight is 530 g/mol. The van der Waals surface area contributed by atoms with Crippen LogP contribution in [0.1, 0.15) is 0 Å². The molecular weight excluding hydrogens is 524 g/mol. The lowest BCUT2D eigenvalue weighted by molar-refractivity contribution is 0.912. The van der Waals surface area contributed by atoms with Crippen molar-refractivity contribution in [1.82, 2.24) is 24.8 Å². The van der Waals surface area contributed by atoms with Gasteiger partial charge < -0.3 is 5.73 Å². The second-order valence-electron chi connectivity index (χ2n) is 3.41. The van der Waals surface area contributed by atoms with Crippen LogP contribution < -0.4 is 5.73 Å². The van der Waals surface area contributed by atoms with Gasteiger partial charge >= 0.3 is 0 Å². The van der Waals surface area contributed by atoms with E-state index < -0.39 is 0 Å². The number of fused-ring (bicyclic) bond motifs is 1. The van der Waals surface area contributed by atoms with Crippen LogP contribution in [0.3, 0.4) is 0 Å². The highest BCUT2D eigenvalue weighted by molar-refractivity contribution is 9.11. The molecule has 0 aliphatic rings. The molecule has 0 amide bonds. The monoisotopic (exact) mass is 526 g/mol. The maximum absolute atomic E-state index is 5.35. The van der Waals surface area contributed by atoms with Crippen molar-refractivity contribution >= 4 is 75.2 Å². The van der Waals surface area contributed by atoms with Crippen molar-refractivity contribution in [3.63, 3.8) is 0 Å². The van der Waals surface area contributed by atoms with Crippen molar-refractivity contribution in [3.05, 3.63) is 42.7 Å². The quantitative estimate of drug-likeness (QED) is 0.479. The van der Waals surface area contributed by atoms with E-state index >= 15 is 0 Å². The number of nitrogens with zero attached hydrogens (tertiary/aromatic N) is 5. The largest absolute Gasteiger partial charge is 0.381 e. The maximum Gasteiger partial charge on any atom is 0.167 e. The molecule has 3 rings (SSSR count). The first-order valence-corrected chi connectivity index (χ1v) is 8.24. The first-order chi connectivity index (χ1) is 9.47. The molecule has 0 fully saturated rings. The molecule has 0 bridgehead atoms. The van der Waals surface area contributed by atoms with Gasteiger partial charge in [0, 0.05) is 12.4 Å². The predicted molar refractivity (Wildman–Crippen MR) is 90.2 cm³/mol. The fourth-order valence-corrected chi connectivity index (χ4v) is 3.33. The summed E-state index contributed by atoms with van der Waals surface area (Å²) in [7, 11) is 0. The molecule has 20 heavy (non-hydrogen) atoms. The molecule has 0 aliphatic heterocycles. The van der Waals surface area contributed by atoms with Crippen molar-refractivity contribution in [2.24, 2.45) is 0 Å². The number of aromatic nitrogens is 5. The van der Waals surface area contributed by atoms with Gasteiger partial charge in [0.2, 0.25) is 0 Å². The molecule has 0 aliphatic carbocycles. The van der Waals surface area contributed by atoms with Crippen molar-refractivity contribution in [3.8, 4) is 0 Å². The third kappa shape index (κ3) is 3.96. The van der Waals surface area contributed by atoms with E-state index in [-0.39, 0.29) is 0 Å². The van der Waals surface area contributed by atoms with Gasteiger partial charge in [0.25, 0.3) is 0 Å². The minimum atomic E-state index is 0.401. The van der Waals surface area contributed by atoms with Gasteiger partial charge in [-0.3, -0.25) is 0 Å². The zero-order valence-corrected chi connectivity index (χ0v) is 16.0. The van der Waals surface area contributed by atoms with Crippen LogP contribution >= 0.6 is 63.7 Å². The molecule has 0 radical (unpaired) electrons. The van der Waals surface area contributed by atoms with E-state index in [2.05, 4.69) is 84.0 Å². The number of hydrogen-bond acceptors (Lipinski definition) is 5. The molecule has 0 saturated carbocycles. The molecule has 0 atom stereocenters. The summed E-state index contributed by atoms with van der Waals surface area (Å²) in [5.41, 5.74) is 6.17. The zero-order valence-electron chi connectivity index (χ0n) is 9.63. The number of anilines is 1. The van der Waals surface area contributed by atoms with Crippen molar-refractivity contribution in [2.75, 3.05) is 5.73 Å². The predicted octanol–water partition coefficient (Wildman–Crippen LogP) is 3.84. The molecule has 0 aromatic carbocycles. The first-order valence-electron chi connectivity index (χ1n) is 5.07. The minimum absolute atomic E-state index is 0.401. The van der Waals surface area contributed by atoms with Crippen molar-refractivity contribution < 1.29 is 0 Å². The van der Waals surface area contributed by atoms with Gasteiger partial charge in [-0.1, -0.05) is 0 Å². The highest BCUT2D eigenvalue weighted by Crippen LogP contribution is 2.19. The van der Waals surface area contributed by atoms with Gasteiger partial charge in [-0.25, -0.2) is 9.50 Å². The van der Waals surface area contributed by atoms with Gasteiger partial charge in [-0.05, 0) is 75.9 Å². The summed E-state index contributed by atoms with van der Waals surface area (Å²) in [6.45, 7) is 0. The van der Waals surface area contributed by atoms with Crippen LogP contribution in [0.15, 0.2) is 42.7 Å². The van der Waals surface area contributed by atoms with Gasteiger partial charge in [-0.2, -0.15) is 5.10 Å². The Bertz CT molecular complexity index is 744. The van der Waals surface area contributed by atoms with Crippen LogP contribution in [0.2, 0.25) is 0 Å². The van der Waals surface area contributed by atoms with E-state index in [1.165, 1.54) is 0 Å². The van der Waals surface area contributed by atoms with E-state index in [0.29, 0.717) is 10.4 Å². The number of hydrogen-bond donors (Lipinski definition) is 1. The van der Waals surface area contributed by atoms with E-state index in [1.807, 2.05) is 6.07 Å². The highest BCUT2D eigenvalue weighted by atomic mass is 79.9. The van der Waals surface area contributed by atoms with Crippen LogP contribution in [0.25, 0.3) is 5.65 Å². The number of halogens is 4. The normalized spacial score (nSPS) is 10.2. The summed E-state index contributed by atoms with van der Waals surface area (Å²) in [4.78, 5) is 4.09. The lowest BCUT2D eigenvalue weighted by atomic mass is 10.5. The highest BCUT2D eigenvalue weighted by Gasteiger charge is 2.01. The number of nitrogen functional groups attached to an aromatic ring is 1. The molecule has 0 spiro atoms. The molecule has 3 aromatic rings. The van der Waals surface area contributed by atoms with E-state index in [0.717, 1.165) is 19.2 Å². The Labute approximate surface area is 147 Å². The molecule has 3 heterocycles. The van der Waals surface area contributed by atoms with Gasteiger partial charge in [-0.15, -0.1) is 10.2 Å². The summed E-state index contributed by atoms with van der Waals surface area (Å²) in [5, 5.41) is 11.4. The van der Waals surface area contributed by atoms with Crippen LogP contribution in [-0.4, -0.2) is 24.8 Å². The van der Waals surface area contributed by atoms with Crippen LogP contribution in [0.4, 0.5) is 5.82 Å². The fraction of sp³-hybridized carbons (Fsp3) is 0. The van der Waals surface area contributed by atoms with Crippen molar-refractivity contribution in [2.45, 2.75) is 0 Å². The Morgan fingerprint density at radius 1 is 0.950 bits per heavy atom. The Kier molecular flexibility index (Phi) is 5.47. The summed E-state index contributed by atoms with van der Waals surface area (Å²) >= 11 is 13.0. The molecular formula is C10H6Br4N6. The maximum atomic E-state index is 5.35. The molecule has 10 heteroatoms. The van der Waals surface area contributed by atoms with Crippen LogP contribution in [-0.2, 0) is 0 Å².